The van der Waals surface area contributed by atoms with Gasteiger partial charge in [-0.3, -0.25) is 0 Å². The van der Waals surface area contributed by atoms with Crippen molar-refractivity contribution in [3.05, 3.63) is 27.2 Å². The quantitative estimate of drug-likeness (QED) is 0.911. The minimum absolute atomic E-state index is 0.396. The highest BCUT2D eigenvalue weighted by molar-refractivity contribution is 7.12. The Morgan fingerprint density at radius 1 is 1.35 bits per heavy atom. The van der Waals surface area contributed by atoms with Crippen LogP contribution in [0.25, 0.3) is 0 Å². The number of hydrogen-bond donors (Lipinski definition) is 1. The highest BCUT2D eigenvalue weighted by Gasteiger charge is 2.08. The molecule has 5 heteroatoms. The van der Waals surface area contributed by atoms with Gasteiger partial charge in [-0.25, -0.2) is 4.98 Å². The molecular weight excluding hydrogens is 250 g/mol. The summed E-state index contributed by atoms with van der Waals surface area (Å²) in [5, 5.41) is 4.25. The number of nitrogens with zero attached hydrogens (tertiary/aromatic N) is 2. The largest absolute Gasteiger partial charge is 0.355 e. The van der Waals surface area contributed by atoms with Gasteiger partial charge in [0.1, 0.15) is 5.82 Å². The van der Waals surface area contributed by atoms with E-state index in [0.717, 1.165) is 17.5 Å². The molecule has 0 saturated heterocycles. The highest BCUT2D eigenvalue weighted by atomic mass is 32.1. The lowest BCUT2D eigenvalue weighted by Gasteiger charge is -1.98. The standard InChI is InChI=1S/C12H17N3S2/c1-7(2)11-14-12(17-15-11)13-6-10-5-8(3)9(4)16-10/h5,7H,6H2,1-4H3,(H,13,14,15). The molecule has 2 aromatic rings. The van der Waals surface area contributed by atoms with Crippen LogP contribution in [0.3, 0.4) is 0 Å². The second-order valence-electron chi connectivity index (χ2n) is 4.42. The monoisotopic (exact) mass is 267 g/mol. The SMILES string of the molecule is Cc1cc(CNc2nc(C(C)C)ns2)sc1C. The molecule has 0 radical (unpaired) electrons. The lowest BCUT2D eigenvalue weighted by Crippen LogP contribution is -1.97. The van der Waals surface area contributed by atoms with Crippen LogP contribution in [0.5, 0.6) is 0 Å². The first kappa shape index (κ1) is 12.5. The van der Waals surface area contributed by atoms with Crippen molar-refractivity contribution in [2.45, 2.75) is 40.2 Å². The van der Waals surface area contributed by atoms with Gasteiger partial charge in [-0.1, -0.05) is 13.8 Å². The minimum Gasteiger partial charge on any atom is -0.355 e. The topological polar surface area (TPSA) is 37.8 Å². The molecule has 0 aliphatic rings. The van der Waals surface area contributed by atoms with E-state index in [1.807, 2.05) is 11.3 Å². The van der Waals surface area contributed by atoms with E-state index in [-0.39, 0.29) is 0 Å². The Labute approximate surface area is 110 Å². The van der Waals surface area contributed by atoms with Gasteiger partial charge in [0.05, 0.1) is 6.54 Å². The Hall–Kier alpha value is -0.940. The van der Waals surface area contributed by atoms with Crippen molar-refractivity contribution in [1.29, 1.82) is 0 Å². The van der Waals surface area contributed by atoms with Crippen LogP contribution < -0.4 is 5.32 Å². The molecule has 2 heterocycles. The van der Waals surface area contributed by atoms with Crippen LogP contribution in [0.4, 0.5) is 5.13 Å². The minimum atomic E-state index is 0.396. The average molecular weight is 267 g/mol. The molecule has 2 rings (SSSR count). The van der Waals surface area contributed by atoms with Crippen molar-refractivity contribution >= 4 is 28.0 Å². The van der Waals surface area contributed by atoms with Crippen LogP contribution >= 0.6 is 22.9 Å². The molecule has 1 N–H and O–H groups in total. The molecule has 0 fully saturated rings. The van der Waals surface area contributed by atoms with Gasteiger partial charge in [0.2, 0.25) is 5.13 Å². The zero-order valence-corrected chi connectivity index (χ0v) is 12.2. The fourth-order valence-electron chi connectivity index (χ4n) is 1.44. The molecule has 0 spiro atoms. The summed E-state index contributed by atoms with van der Waals surface area (Å²) in [4.78, 5) is 7.19. The molecule has 0 amide bonds. The molecule has 0 aliphatic carbocycles. The van der Waals surface area contributed by atoms with Crippen LogP contribution in [0.15, 0.2) is 6.07 Å². The molecule has 3 nitrogen and oxygen atoms in total. The maximum Gasteiger partial charge on any atom is 0.202 e. The zero-order chi connectivity index (χ0) is 12.4. The number of hydrogen-bond acceptors (Lipinski definition) is 5. The molecule has 0 atom stereocenters. The highest BCUT2D eigenvalue weighted by Crippen LogP contribution is 2.23. The van der Waals surface area contributed by atoms with Gasteiger partial charge in [-0.05, 0) is 25.5 Å². The number of aromatic nitrogens is 2. The van der Waals surface area contributed by atoms with Crippen molar-refractivity contribution in [2.24, 2.45) is 0 Å². The summed E-state index contributed by atoms with van der Waals surface area (Å²) in [6.45, 7) is 9.37. The normalized spacial score (nSPS) is 11.1. The van der Waals surface area contributed by atoms with E-state index in [1.54, 1.807) is 0 Å². The molecule has 0 aliphatic heterocycles. The summed E-state index contributed by atoms with van der Waals surface area (Å²) < 4.78 is 4.32. The Morgan fingerprint density at radius 2 is 2.12 bits per heavy atom. The van der Waals surface area contributed by atoms with Crippen molar-refractivity contribution in [3.63, 3.8) is 0 Å². The first-order valence-electron chi connectivity index (χ1n) is 5.69. The summed E-state index contributed by atoms with van der Waals surface area (Å²) >= 11 is 3.28. The number of rotatable bonds is 4. The predicted octanol–water partition coefficient (Wildman–Crippen LogP) is 3.95. The van der Waals surface area contributed by atoms with E-state index in [2.05, 4.69) is 48.4 Å². The van der Waals surface area contributed by atoms with Crippen molar-refractivity contribution < 1.29 is 0 Å². The molecule has 17 heavy (non-hydrogen) atoms. The number of aryl methyl sites for hydroxylation is 2. The molecule has 2 aromatic heterocycles. The fourth-order valence-corrected chi connectivity index (χ4v) is 3.14. The Bertz CT molecular complexity index is 480. The smallest absolute Gasteiger partial charge is 0.202 e. The number of anilines is 1. The molecule has 0 bridgehead atoms. The van der Waals surface area contributed by atoms with Crippen LogP contribution in [0.1, 0.15) is 40.9 Å². The summed E-state index contributed by atoms with van der Waals surface area (Å²) in [7, 11) is 0. The molecule has 92 valence electrons. The third kappa shape index (κ3) is 3.04. The van der Waals surface area contributed by atoms with Crippen LogP contribution in [-0.2, 0) is 6.54 Å². The second kappa shape index (κ2) is 5.14. The Kier molecular flexibility index (Phi) is 3.79. The summed E-state index contributed by atoms with van der Waals surface area (Å²) in [6.07, 6.45) is 0. The summed E-state index contributed by atoms with van der Waals surface area (Å²) in [5.41, 5.74) is 1.37. The maximum atomic E-state index is 4.45. The van der Waals surface area contributed by atoms with E-state index >= 15 is 0 Å². The van der Waals surface area contributed by atoms with Crippen molar-refractivity contribution in [2.75, 3.05) is 5.32 Å². The molecule has 0 saturated carbocycles. The van der Waals surface area contributed by atoms with Crippen LogP contribution in [0.2, 0.25) is 0 Å². The van der Waals surface area contributed by atoms with Gasteiger partial charge >= 0.3 is 0 Å². The van der Waals surface area contributed by atoms with E-state index in [0.29, 0.717) is 5.92 Å². The first-order chi connectivity index (χ1) is 8.06. The van der Waals surface area contributed by atoms with Gasteiger partial charge in [-0.15, -0.1) is 11.3 Å². The van der Waals surface area contributed by atoms with Gasteiger partial charge in [0.25, 0.3) is 0 Å². The van der Waals surface area contributed by atoms with Crippen LogP contribution in [0, 0.1) is 13.8 Å². The maximum absolute atomic E-state index is 4.45. The number of thiophene rings is 1. The van der Waals surface area contributed by atoms with E-state index in [1.165, 1.54) is 26.9 Å². The molecule has 0 aromatic carbocycles. The first-order valence-corrected chi connectivity index (χ1v) is 7.28. The second-order valence-corrected chi connectivity index (χ2v) is 6.51. The predicted molar refractivity (Wildman–Crippen MR) is 75.1 cm³/mol. The fraction of sp³-hybridized carbons (Fsp3) is 0.500. The van der Waals surface area contributed by atoms with Crippen LogP contribution in [-0.4, -0.2) is 9.36 Å². The lowest BCUT2D eigenvalue weighted by atomic mass is 10.2. The van der Waals surface area contributed by atoms with Crippen molar-refractivity contribution in [1.82, 2.24) is 9.36 Å². The zero-order valence-electron chi connectivity index (χ0n) is 10.6. The Morgan fingerprint density at radius 3 is 2.65 bits per heavy atom. The van der Waals surface area contributed by atoms with Gasteiger partial charge in [0.15, 0.2) is 0 Å². The third-order valence-corrected chi connectivity index (χ3v) is 4.43. The van der Waals surface area contributed by atoms with E-state index in [9.17, 15) is 0 Å². The van der Waals surface area contributed by atoms with E-state index < -0.39 is 0 Å². The van der Waals surface area contributed by atoms with Crippen molar-refractivity contribution in [3.8, 4) is 0 Å². The lowest BCUT2D eigenvalue weighted by molar-refractivity contribution is 0.799. The molecular formula is C12H17N3S2. The van der Waals surface area contributed by atoms with Gasteiger partial charge < -0.3 is 5.32 Å². The van der Waals surface area contributed by atoms with Gasteiger partial charge in [-0.2, -0.15) is 4.37 Å². The molecule has 0 unspecified atom stereocenters. The van der Waals surface area contributed by atoms with Gasteiger partial charge in [0, 0.05) is 27.2 Å². The van der Waals surface area contributed by atoms with E-state index in [4.69, 9.17) is 0 Å². The summed E-state index contributed by atoms with van der Waals surface area (Å²) in [5.74, 6) is 1.32. The summed E-state index contributed by atoms with van der Waals surface area (Å²) in [6, 6.07) is 2.23. The third-order valence-electron chi connectivity index (χ3n) is 2.59. The average Bonchev–Trinajstić information content (AvgIpc) is 2.84. The number of nitrogens with one attached hydrogen (secondary N) is 1. The Balaban J connectivity index is 1.97.